The van der Waals surface area contributed by atoms with Crippen LogP contribution in [0.2, 0.25) is 0 Å². The Bertz CT molecular complexity index is 541. The van der Waals surface area contributed by atoms with E-state index in [1.165, 1.54) is 0 Å². The fraction of sp³-hybridized carbons (Fsp3) is 0.167. The summed E-state index contributed by atoms with van der Waals surface area (Å²) in [6.07, 6.45) is 1.58. The highest BCUT2D eigenvalue weighted by molar-refractivity contribution is 5.58. The van der Waals surface area contributed by atoms with E-state index >= 15 is 0 Å². The van der Waals surface area contributed by atoms with Crippen molar-refractivity contribution in [2.45, 2.75) is 6.54 Å². The van der Waals surface area contributed by atoms with Gasteiger partial charge >= 0.3 is 0 Å². The lowest BCUT2D eigenvalue weighted by Gasteiger charge is -2.14. The predicted molar refractivity (Wildman–Crippen MR) is 45.1 cm³/mol. The molecule has 0 spiro atoms. The molecule has 3 heterocycles. The zero-order chi connectivity index (χ0) is 9.54. The van der Waals surface area contributed by atoms with Gasteiger partial charge in [0.05, 0.1) is 12.7 Å². The smallest absolute Gasteiger partial charge is 0.288 e. The third-order valence-corrected chi connectivity index (χ3v) is 2.02. The lowest BCUT2D eigenvalue weighted by Crippen LogP contribution is -2.23. The molecule has 0 saturated heterocycles. The molecule has 1 aliphatic heterocycles. The fourth-order valence-corrected chi connectivity index (χ4v) is 1.37. The van der Waals surface area contributed by atoms with Crippen molar-refractivity contribution in [1.29, 1.82) is 0 Å². The molecular formula is C6H5N7O. The van der Waals surface area contributed by atoms with Crippen molar-refractivity contribution in [3.63, 3.8) is 0 Å². The highest BCUT2D eigenvalue weighted by atomic mass is 16.1. The Labute approximate surface area is 77.0 Å². The van der Waals surface area contributed by atoms with Crippen LogP contribution in [0.15, 0.2) is 11.0 Å². The number of hydrogen-bond donors (Lipinski definition) is 2. The maximum Gasteiger partial charge on any atom is 0.288 e. The number of aromatic nitrogens is 6. The predicted octanol–water partition coefficient (Wildman–Crippen LogP) is -1.14. The van der Waals surface area contributed by atoms with E-state index in [1.807, 2.05) is 0 Å². The average molecular weight is 191 g/mol. The molecule has 2 N–H and O–H groups in total. The minimum Gasteiger partial charge on any atom is -0.318 e. The third-order valence-electron chi connectivity index (χ3n) is 2.02. The van der Waals surface area contributed by atoms with Crippen LogP contribution in [0.4, 0.5) is 11.6 Å². The highest BCUT2D eigenvalue weighted by Crippen LogP contribution is 2.20. The second kappa shape index (κ2) is 2.37. The van der Waals surface area contributed by atoms with E-state index in [-0.39, 0.29) is 5.56 Å². The molecule has 8 heteroatoms. The summed E-state index contributed by atoms with van der Waals surface area (Å²) < 4.78 is 1.56. The van der Waals surface area contributed by atoms with Gasteiger partial charge in [0.2, 0.25) is 5.95 Å². The number of nitrogens with one attached hydrogen (secondary N) is 2. The normalized spacial score (nSPS) is 12.9. The number of nitrogens with zero attached hydrogens (tertiary/aromatic N) is 5. The minimum absolute atomic E-state index is 0.267. The topological polar surface area (TPSA) is 101 Å². The molecule has 2 aromatic heterocycles. The zero-order valence-electron chi connectivity index (χ0n) is 6.93. The molecule has 1 aliphatic rings. The van der Waals surface area contributed by atoms with Crippen molar-refractivity contribution >= 4 is 11.6 Å². The molecule has 0 unspecified atom stereocenters. The molecule has 0 aliphatic carbocycles. The number of rotatable bonds is 0. The number of tetrazole rings is 1. The van der Waals surface area contributed by atoms with E-state index in [2.05, 4.69) is 31.0 Å². The largest absolute Gasteiger partial charge is 0.318 e. The molecule has 0 radical (unpaired) electrons. The maximum absolute atomic E-state index is 11.3. The summed E-state index contributed by atoms with van der Waals surface area (Å²) in [4.78, 5) is 11.3. The van der Waals surface area contributed by atoms with Crippen molar-refractivity contribution in [2.24, 2.45) is 0 Å². The Morgan fingerprint density at radius 1 is 1.50 bits per heavy atom. The van der Waals surface area contributed by atoms with Crippen LogP contribution < -0.4 is 10.9 Å². The highest BCUT2D eigenvalue weighted by Gasteiger charge is 2.19. The van der Waals surface area contributed by atoms with Crippen LogP contribution in [0, 0.1) is 0 Å². The van der Waals surface area contributed by atoms with Crippen LogP contribution in [-0.2, 0) is 6.54 Å². The molecule has 70 valence electrons. The maximum atomic E-state index is 11.3. The van der Waals surface area contributed by atoms with Crippen molar-refractivity contribution in [3.8, 4) is 0 Å². The number of H-pyrrole nitrogens is 1. The first kappa shape index (κ1) is 7.18. The lowest BCUT2D eigenvalue weighted by atomic mass is 10.2. The molecule has 0 atom stereocenters. The van der Waals surface area contributed by atoms with Crippen LogP contribution in [0.5, 0.6) is 0 Å². The summed E-state index contributed by atoms with van der Waals surface area (Å²) >= 11 is 0. The number of aromatic amines is 1. The molecule has 2 aromatic rings. The Hall–Kier alpha value is -2.25. The van der Waals surface area contributed by atoms with Gasteiger partial charge in [0.25, 0.3) is 5.56 Å². The Balaban J connectivity index is 2.21. The lowest BCUT2D eigenvalue weighted by molar-refractivity contribution is 0.642. The second-order valence-corrected chi connectivity index (χ2v) is 2.88. The average Bonchev–Trinajstić information content (AvgIpc) is 2.62. The van der Waals surface area contributed by atoms with Gasteiger partial charge in [0.1, 0.15) is 5.69 Å². The van der Waals surface area contributed by atoms with Crippen LogP contribution in [-0.4, -0.2) is 30.4 Å². The van der Waals surface area contributed by atoms with E-state index in [0.717, 1.165) is 5.56 Å². The summed E-state index contributed by atoms with van der Waals surface area (Å²) in [5, 5.41) is 19.8. The first-order chi connectivity index (χ1) is 6.84. The van der Waals surface area contributed by atoms with Gasteiger partial charge in [0, 0.05) is 5.56 Å². The first-order valence-electron chi connectivity index (χ1n) is 3.94. The Morgan fingerprint density at radius 2 is 2.43 bits per heavy atom. The molecule has 3 rings (SSSR count). The van der Waals surface area contributed by atoms with Gasteiger partial charge in [-0.15, -0.1) is 0 Å². The summed E-state index contributed by atoms with van der Waals surface area (Å²) in [5.74, 6) is 0.467. The number of anilines is 2. The Morgan fingerprint density at radius 3 is 3.36 bits per heavy atom. The quantitative estimate of drug-likeness (QED) is 0.465. The summed E-state index contributed by atoms with van der Waals surface area (Å²) in [6.45, 7) is 0.460. The standard InChI is InChI=1S/C6H5N7O/c14-5-4-3(1-7-9-5)2-13-6(8-4)10-11-12-13/h1H,2H2,(H,9,14)(H,8,10,12). The van der Waals surface area contributed by atoms with Crippen molar-refractivity contribution in [2.75, 3.05) is 5.32 Å². The Kier molecular flexibility index (Phi) is 1.22. The number of hydrogen-bond acceptors (Lipinski definition) is 6. The van der Waals surface area contributed by atoms with Crippen LogP contribution in [0.3, 0.4) is 0 Å². The van der Waals surface area contributed by atoms with Gasteiger partial charge < -0.3 is 5.32 Å². The van der Waals surface area contributed by atoms with Crippen molar-refractivity contribution in [1.82, 2.24) is 30.4 Å². The molecule has 0 saturated carbocycles. The second-order valence-electron chi connectivity index (χ2n) is 2.88. The van der Waals surface area contributed by atoms with Crippen LogP contribution in [0.1, 0.15) is 5.56 Å². The van der Waals surface area contributed by atoms with Gasteiger partial charge in [0.15, 0.2) is 0 Å². The van der Waals surface area contributed by atoms with E-state index in [4.69, 9.17) is 0 Å². The molecule has 8 nitrogen and oxygen atoms in total. The summed E-state index contributed by atoms with van der Waals surface area (Å²) in [5.41, 5.74) is 0.965. The van der Waals surface area contributed by atoms with Gasteiger partial charge in [-0.1, -0.05) is 5.10 Å². The van der Waals surface area contributed by atoms with Crippen molar-refractivity contribution < 1.29 is 0 Å². The van der Waals surface area contributed by atoms with E-state index in [1.54, 1.807) is 10.9 Å². The summed E-state index contributed by atoms with van der Waals surface area (Å²) in [7, 11) is 0. The van der Waals surface area contributed by atoms with Gasteiger partial charge in [-0.3, -0.25) is 4.79 Å². The fourth-order valence-electron chi connectivity index (χ4n) is 1.37. The zero-order valence-corrected chi connectivity index (χ0v) is 6.93. The minimum atomic E-state index is -0.267. The van der Waals surface area contributed by atoms with E-state index in [9.17, 15) is 4.79 Å². The van der Waals surface area contributed by atoms with Gasteiger partial charge in [-0.2, -0.15) is 5.10 Å². The van der Waals surface area contributed by atoms with Gasteiger partial charge in [-0.25, -0.2) is 9.78 Å². The SMILES string of the molecule is O=c1[nH]ncc2c1Nc1nnnn1C2. The van der Waals surface area contributed by atoms with Crippen molar-refractivity contribution in [3.05, 3.63) is 22.1 Å². The molecule has 0 amide bonds. The summed E-state index contributed by atoms with van der Waals surface area (Å²) in [6, 6.07) is 0. The van der Waals surface area contributed by atoms with Gasteiger partial charge in [-0.05, 0) is 10.4 Å². The monoisotopic (exact) mass is 191 g/mol. The molecular weight excluding hydrogens is 186 g/mol. The van der Waals surface area contributed by atoms with E-state index < -0.39 is 0 Å². The van der Waals surface area contributed by atoms with E-state index in [0.29, 0.717) is 18.2 Å². The first-order valence-corrected chi connectivity index (χ1v) is 3.94. The molecule has 0 aromatic carbocycles. The van der Waals surface area contributed by atoms with Crippen LogP contribution in [0.25, 0.3) is 0 Å². The molecule has 14 heavy (non-hydrogen) atoms. The van der Waals surface area contributed by atoms with Crippen LogP contribution >= 0.6 is 0 Å². The molecule has 0 bridgehead atoms. The third kappa shape index (κ3) is 0.843. The molecule has 0 fully saturated rings. The number of fused-ring (bicyclic) bond motifs is 2.